The number of nitrogens with one attached hydrogen (secondary N) is 3. The molecule has 0 aliphatic carbocycles. The van der Waals surface area contributed by atoms with Gasteiger partial charge in [-0.05, 0) is 12.3 Å². The van der Waals surface area contributed by atoms with Gasteiger partial charge < -0.3 is 31.9 Å². The third-order valence-corrected chi connectivity index (χ3v) is 4.22. The number of carbonyl (C=O) groups excluding carboxylic acids is 3. The molecular weight excluding hydrogens is 396 g/mol. The van der Waals surface area contributed by atoms with E-state index in [2.05, 4.69) is 41.2 Å². The molecule has 0 saturated carbocycles. The van der Waals surface area contributed by atoms with E-state index in [1.165, 1.54) is 0 Å². The zero-order chi connectivity index (χ0) is 21.1. The van der Waals surface area contributed by atoms with Gasteiger partial charge in [0.15, 0.2) is 0 Å². The van der Waals surface area contributed by atoms with Crippen LogP contribution in [0.25, 0.3) is 0 Å². The second-order valence-electron chi connectivity index (χ2n) is 6.31. The molecule has 10 nitrogen and oxygen atoms in total. The van der Waals surface area contributed by atoms with Crippen molar-refractivity contribution >= 4 is 48.9 Å². The Morgan fingerprint density at radius 3 is 1.63 bits per heavy atom. The predicted molar refractivity (Wildman–Crippen MR) is 106 cm³/mol. The highest BCUT2D eigenvalue weighted by molar-refractivity contribution is 7.80. The van der Waals surface area contributed by atoms with Gasteiger partial charge in [0, 0.05) is 11.5 Å². The largest absolute Gasteiger partial charge is 0.480 e. The highest BCUT2D eigenvalue weighted by Gasteiger charge is 2.29. The fourth-order valence-electron chi connectivity index (χ4n) is 1.99. The first kappa shape index (κ1) is 25.5. The van der Waals surface area contributed by atoms with Crippen LogP contribution in [0.5, 0.6) is 0 Å². The second-order valence-corrected chi connectivity index (χ2v) is 7.04. The van der Waals surface area contributed by atoms with Crippen molar-refractivity contribution in [2.45, 2.75) is 44.4 Å². The van der Waals surface area contributed by atoms with Crippen molar-refractivity contribution in [2.24, 2.45) is 11.7 Å². The summed E-state index contributed by atoms with van der Waals surface area (Å²) in [6.07, 6.45) is 0.225. The first-order chi connectivity index (χ1) is 12.6. The number of hydrogen-bond donors (Lipinski definition) is 8. The van der Waals surface area contributed by atoms with Crippen molar-refractivity contribution in [1.29, 1.82) is 0 Å². The van der Waals surface area contributed by atoms with Crippen molar-refractivity contribution in [3.63, 3.8) is 0 Å². The van der Waals surface area contributed by atoms with Crippen LogP contribution in [0.15, 0.2) is 0 Å². The van der Waals surface area contributed by atoms with Crippen molar-refractivity contribution in [1.82, 2.24) is 16.0 Å². The van der Waals surface area contributed by atoms with E-state index in [4.69, 9.17) is 10.8 Å². The highest BCUT2D eigenvalue weighted by Crippen LogP contribution is 2.06. The molecule has 0 rings (SSSR count). The number of aliphatic hydroxyl groups excluding tert-OH is 1. The van der Waals surface area contributed by atoms with Gasteiger partial charge in [-0.15, -0.1) is 0 Å². The predicted octanol–water partition coefficient (Wildman–Crippen LogP) is -2.25. The standard InChI is InChI=1S/C15H28N4O6S2/c1-7(2)3-9(15(24)25)17-13(22)11(6-27)19-14(23)10(5-26)18-12(21)8(16)4-20/h7-11,20,26-27H,3-6,16H2,1-2H3,(H,17,22)(H,18,21)(H,19,23)(H,24,25). The summed E-state index contributed by atoms with van der Waals surface area (Å²) in [7, 11) is 0. The van der Waals surface area contributed by atoms with Crippen molar-refractivity contribution < 1.29 is 29.4 Å². The summed E-state index contributed by atoms with van der Waals surface area (Å²) in [6, 6.07) is -4.50. The van der Waals surface area contributed by atoms with E-state index in [-0.39, 0.29) is 23.8 Å². The molecule has 0 aromatic heterocycles. The van der Waals surface area contributed by atoms with Crippen LogP contribution >= 0.6 is 25.3 Å². The van der Waals surface area contributed by atoms with Gasteiger partial charge >= 0.3 is 5.97 Å². The molecule has 27 heavy (non-hydrogen) atoms. The van der Waals surface area contributed by atoms with E-state index in [1.807, 2.05) is 13.8 Å². The van der Waals surface area contributed by atoms with Gasteiger partial charge in [0.25, 0.3) is 0 Å². The van der Waals surface area contributed by atoms with E-state index in [1.54, 1.807) is 0 Å². The van der Waals surface area contributed by atoms with Gasteiger partial charge in [-0.25, -0.2) is 4.79 Å². The molecule has 0 aromatic carbocycles. The van der Waals surface area contributed by atoms with Crippen LogP contribution in [0.4, 0.5) is 0 Å². The molecule has 0 aliphatic rings. The molecule has 3 amide bonds. The minimum absolute atomic E-state index is 0.0370. The SMILES string of the molecule is CC(C)CC(NC(=O)C(CS)NC(=O)C(CS)NC(=O)C(N)CO)C(=O)O. The lowest BCUT2D eigenvalue weighted by Gasteiger charge is -2.24. The monoisotopic (exact) mass is 424 g/mol. The van der Waals surface area contributed by atoms with E-state index in [9.17, 15) is 24.3 Å². The number of nitrogens with two attached hydrogens (primary N) is 1. The lowest BCUT2D eigenvalue weighted by Crippen LogP contribution is -2.58. The van der Waals surface area contributed by atoms with Crippen molar-refractivity contribution in [3.05, 3.63) is 0 Å². The normalized spacial score (nSPS) is 15.4. The number of carboxylic acid groups (broad SMARTS) is 1. The summed E-state index contributed by atoms with van der Waals surface area (Å²) in [5, 5.41) is 25.1. The van der Waals surface area contributed by atoms with Crippen molar-refractivity contribution in [2.75, 3.05) is 18.1 Å². The van der Waals surface area contributed by atoms with Crippen LogP contribution in [0, 0.1) is 5.92 Å². The minimum Gasteiger partial charge on any atom is -0.480 e. The number of rotatable bonds is 12. The molecule has 0 fully saturated rings. The molecule has 0 radical (unpaired) electrons. The van der Waals surface area contributed by atoms with Gasteiger partial charge in [0.1, 0.15) is 24.2 Å². The first-order valence-electron chi connectivity index (χ1n) is 8.29. The quantitative estimate of drug-likeness (QED) is 0.164. The Labute approximate surface area is 168 Å². The third-order valence-electron chi connectivity index (χ3n) is 3.49. The molecule has 0 aromatic rings. The molecule has 7 N–H and O–H groups in total. The van der Waals surface area contributed by atoms with Gasteiger partial charge in [-0.3, -0.25) is 14.4 Å². The van der Waals surface area contributed by atoms with Crippen LogP contribution in [-0.4, -0.2) is 76.2 Å². The Bertz CT molecular complexity index is 534. The van der Waals surface area contributed by atoms with Crippen LogP contribution in [0.3, 0.4) is 0 Å². The molecular formula is C15H28N4O6S2. The average molecular weight is 425 g/mol. The Kier molecular flexibility index (Phi) is 12.1. The Hall–Kier alpha value is -1.50. The lowest BCUT2D eigenvalue weighted by molar-refractivity contribution is -0.142. The summed E-state index contributed by atoms with van der Waals surface area (Å²) >= 11 is 7.98. The van der Waals surface area contributed by atoms with E-state index in [0.29, 0.717) is 0 Å². The maximum Gasteiger partial charge on any atom is 0.326 e. The van der Waals surface area contributed by atoms with E-state index in [0.717, 1.165) is 0 Å². The molecule has 0 heterocycles. The van der Waals surface area contributed by atoms with Crippen LogP contribution in [-0.2, 0) is 19.2 Å². The van der Waals surface area contributed by atoms with E-state index >= 15 is 0 Å². The number of aliphatic carboxylic acids is 1. The maximum atomic E-state index is 12.3. The van der Waals surface area contributed by atoms with Crippen LogP contribution in [0.1, 0.15) is 20.3 Å². The highest BCUT2D eigenvalue weighted by atomic mass is 32.1. The number of thiol groups is 2. The topological polar surface area (TPSA) is 171 Å². The summed E-state index contributed by atoms with van der Waals surface area (Å²) in [6.45, 7) is 3.04. The number of aliphatic hydroxyl groups is 1. The smallest absolute Gasteiger partial charge is 0.326 e. The summed E-state index contributed by atoms with van der Waals surface area (Å²) in [4.78, 5) is 47.5. The summed E-state index contributed by atoms with van der Waals surface area (Å²) in [5.74, 6) is -3.48. The average Bonchev–Trinajstić information content (AvgIpc) is 2.61. The summed E-state index contributed by atoms with van der Waals surface area (Å²) in [5.41, 5.74) is 5.37. The lowest BCUT2D eigenvalue weighted by atomic mass is 10.0. The first-order valence-corrected chi connectivity index (χ1v) is 9.55. The number of carbonyl (C=O) groups is 4. The number of amides is 3. The van der Waals surface area contributed by atoms with Crippen LogP contribution in [0.2, 0.25) is 0 Å². The fraction of sp³-hybridized carbons (Fsp3) is 0.733. The zero-order valence-corrected chi connectivity index (χ0v) is 17.0. The molecule has 156 valence electrons. The molecule has 0 aliphatic heterocycles. The maximum absolute atomic E-state index is 12.3. The van der Waals surface area contributed by atoms with Gasteiger partial charge in [0.05, 0.1) is 6.61 Å². The third kappa shape index (κ3) is 9.31. The molecule has 0 spiro atoms. The minimum atomic E-state index is -1.20. The fourth-order valence-corrected chi connectivity index (χ4v) is 2.50. The Morgan fingerprint density at radius 2 is 1.30 bits per heavy atom. The molecule has 4 unspecified atom stereocenters. The van der Waals surface area contributed by atoms with Crippen molar-refractivity contribution in [3.8, 4) is 0 Å². The Morgan fingerprint density at radius 1 is 0.889 bits per heavy atom. The molecule has 0 bridgehead atoms. The number of hydrogen-bond acceptors (Lipinski definition) is 8. The second kappa shape index (κ2) is 12.8. The van der Waals surface area contributed by atoms with Gasteiger partial charge in [-0.1, -0.05) is 13.8 Å². The van der Waals surface area contributed by atoms with Crippen LogP contribution < -0.4 is 21.7 Å². The zero-order valence-electron chi connectivity index (χ0n) is 15.2. The van der Waals surface area contributed by atoms with Gasteiger partial charge in [0.2, 0.25) is 17.7 Å². The number of carboxylic acids is 1. The summed E-state index contributed by atoms with van der Waals surface area (Å²) < 4.78 is 0. The van der Waals surface area contributed by atoms with Gasteiger partial charge in [-0.2, -0.15) is 25.3 Å². The Balaban J connectivity index is 4.96. The molecule has 0 saturated heterocycles. The van der Waals surface area contributed by atoms with E-state index < -0.39 is 54.5 Å². The molecule has 12 heteroatoms. The molecule has 4 atom stereocenters.